The van der Waals surface area contributed by atoms with Crippen molar-refractivity contribution in [3.63, 3.8) is 0 Å². The van der Waals surface area contributed by atoms with Gasteiger partial charge in [-0.15, -0.1) is 0 Å². The number of carbonyl (C=O) groups is 2. The number of carbonyl (C=O) groups excluding carboxylic acids is 2. The molecule has 0 aromatic carbocycles. The quantitative estimate of drug-likeness (QED) is 0.497. The minimum Gasteiger partial charge on any atom is -0.292 e. The molecule has 2 aliphatic rings. The summed E-state index contributed by atoms with van der Waals surface area (Å²) in [7, 11) is 0. The highest BCUT2D eigenvalue weighted by Crippen LogP contribution is 2.26. The van der Waals surface area contributed by atoms with Gasteiger partial charge in [0.25, 0.3) is 5.91 Å². The van der Waals surface area contributed by atoms with Crippen LogP contribution in [-0.4, -0.2) is 23.3 Å². The summed E-state index contributed by atoms with van der Waals surface area (Å²) in [5.41, 5.74) is 0.664. The van der Waals surface area contributed by atoms with Gasteiger partial charge in [-0.05, 0) is 23.8 Å². The lowest BCUT2D eigenvalue weighted by Gasteiger charge is -2.00. The number of hydrogen-bond donors (Lipinski definition) is 1. The molecule has 0 radical (unpaired) electrons. The average Bonchev–Trinajstić information content (AvgIpc) is 2.63. The molecule has 0 bridgehead atoms. The summed E-state index contributed by atoms with van der Waals surface area (Å²) in [5, 5.41) is 2.29. The number of imide groups is 1. The van der Waals surface area contributed by atoms with Crippen molar-refractivity contribution < 1.29 is 9.59 Å². The summed E-state index contributed by atoms with van der Waals surface area (Å²) >= 11 is 1.91. The van der Waals surface area contributed by atoms with E-state index in [0.29, 0.717) is 11.5 Å². The highest BCUT2D eigenvalue weighted by molar-refractivity contribution is 7.99. The van der Waals surface area contributed by atoms with Crippen molar-refractivity contribution >= 4 is 23.6 Å². The molecule has 1 atom stereocenters. The normalized spacial score (nSPS) is 31.4. The first-order valence-corrected chi connectivity index (χ1v) is 5.54. The molecule has 0 aromatic rings. The monoisotopic (exact) mass is 197 g/mol. The van der Waals surface area contributed by atoms with Crippen molar-refractivity contribution in [2.75, 3.05) is 11.5 Å². The van der Waals surface area contributed by atoms with E-state index in [-0.39, 0.29) is 18.2 Å². The van der Waals surface area contributed by atoms with Gasteiger partial charge in [-0.1, -0.05) is 6.08 Å². The van der Waals surface area contributed by atoms with Crippen molar-refractivity contribution in [3.8, 4) is 0 Å². The number of thioether (sulfide) groups is 1. The van der Waals surface area contributed by atoms with Crippen LogP contribution in [0.5, 0.6) is 0 Å². The molecule has 13 heavy (non-hydrogen) atoms. The Bertz CT molecular complexity index is 279. The van der Waals surface area contributed by atoms with Gasteiger partial charge >= 0.3 is 0 Å². The second-order valence-electron chi connectivity index (χ2n) is 3.37. The summed E-state index contributed by atoms with van der Waals surface area (Å²) in [6.45, 7) is 0. The van der Waals surface area contributed by atoms with Crippen molar-refractivity contribution in [1.82, 2.24) is 5.32 Å². The molecule has 3 nitrogen and oxygen atoms in total. The highest BCUT2D eigenvalue weighted by atomic mass is 32.2. The molecule has 2 heterocycles. The van der Waals surface area contributed by atoms with Crippen LogP contribution in [0.15, 0.2) is 11.6 Å². The van der Waals surface area contributed by atoms with Gasteiger partial charge < -0.3 is 0 Å². The molecule has 0 spiro atoms. The van der Waals surface area contributed by atoms with Gasteiger partial charge in [-0.2, -0.15) is 11.8 Å². The van der Waals surface area contributed by atoms with E-state index in [1.165, 1.54) is 5.75 Å². The minimum absolute atomic E-state index is 0.165. The fourth-order valence-corrected chi connectivity index (χ4v) is 2.81. The van der Waals surface area contributed by atoms with E-state index in [2.05, 4.69) is 5.32 Å². The van der Waals surface area contributed by atoms with Crippen LogP contribution in [0, 0.1) is 5.92 Å². The highest BCUT2D eigenvalue weighted by Gasteiger charge is 2.25. The van der Waals surface area contributed by atoms with Crippen LogP contribution in [0.1, 0.15) is 12.8 Å². The lowest BCUT2D eigenvalue weighted by atomic mass is 10.0. The van der Waals surface area contributed by atoms with E-state index in [9.17, 15) is 9.59 Å². The Labute approximate surface area is 81.0 Å². The van der Waals surface area contributed by atoms with Crippen LogP contribution < -0.4 is 5.32 Å². The van der Waals surface area contributed by atoms with Crippen LogP contribution in [0.4, 0.5) is 0 Å². The predicted octanol–water partition coefficient (Wildman–Crippen LogP) is 0.712. The number of allylic oxidation sites excluding steroid dienone is 1. The second kappa shape index (κ2) is 3.54. The molecular weight excluding hydrogens is 186 g/mol. The molecule has 1 N–H and O–H groups in total. The summed E-state index contributed by atoms with van der Waals surface area (Å²) in [4.78, 5) is 22.0. The molecule has 2 fully saturated rings. The summed E-state index contributed by atoms with van der Waals surface area (Å²) in [6, 6.07) is 0. The van der Waals surface area contributed by atoms with E-state index in [1.54, 1.807) is 0 Å². The molecule has 1 unspecified atom stereocenters. The zero-order valence-electron chi connectivity index (χ0n) is 7.21. The largest absolute Gasteiger partial charge is 0.292 e. The molecule has 70 valence electrons. The van der Waals surface area contributed by atoms with Gasteiger partial charge in [0.15, 0.2) is 0 Å². The Kier molecular flexibility index (Phi) is 2.40. The molecule has 2 amide bonds. The van der Waals surface area contributed by atoms with Crippen LogP contribution in [0.25, 0.3) is 0 Å². The fraction of sp³-hybridized carbons (Fsp3) is 0.556. The first-order valence-electron chi connectivity index (χ1n) is 4.38. The average molecular weight is 197 g/mol. The third kappa shape index (κ3) is 1.94. The van der Waals surface area contributed by atoms with E-state index in [1.807, 2.05) is 17.8 Å². The second-order valence-corrected chi connectivity index (χ2v) is 4.52. The Balaban J connectivity index is 2.06. The SMILES string of the molecule is O=C1CC(=CC2CCSC2)C(=O)N1. The van der Waals surface area contributed by atoms with Gasteiger partial charge in [0.2, 0.25) is 5.91 Å². The third-order valence-electron chi connectivity index (χ3n) is 2.30. The van der Waals surface area contributed by atoms with Crippen LogP contribution in [0.3, 0.4) is 0 Å². The molecule has 0 aliphatic carbocycles. The minimum atomic E-state index is -0.193. The zero-order valence-corrected chi connectivity index (χ0v) is 8.02. The summed E-state index contributed by atoms with van der Waals surface area (Å²) < 4.78 is 0. The zero-order chi connectivity index (χ0) is 9.26. The number of nitrogens with one attached hydrogen (secondary N) is 1. The standard InChI is InChI=1S/C9H11NO2S/c11-8-4-7(9(12)10-8)3-6-1-2-13-5-6/h3,6H,1-2,4-5H2,(H,10,11,12). The molecule has 2 rings (SSSR count). The maximum atomic E-state index is 11.2. The topological polar surface area (TPSA) is 46.2 Å². The van der Waals surface area contributed by atoms with E-state index in [0.717, 1.165) is 12.2 Å². The summed E-state index contributed by atoms with van der Waals surface area (Å²) in [5.74, 6) is 2.40. The third-order valence-corrected chi connectivity index (χ3v) is 3.49. The van der Waals surface area contributed by atoms with E-state index in [4.69, 9.17) is 0 Å². The molecular formula is C9H11NO2S. The van der Waals surface area contributed by atoms with Crippen LogP contribution in [-0.2, 0) is 9.59 Å². The lowest BCUT2D eigenvalue weighted by molar-refractivity contribution is -0.124. The van der Waals surface area contributed by atoms with Crippen LogP contribution >= 0.6 is 11.8 Å². The molecule has 0 saturated carbocycles. The predicted molar refractivity (Wildman–Crippen MR) is 51.3 cm³/mol. The number of rotatable bonds is 1. The Morgan fingerprint density at radius 2 is 2.31 bits per heavy atom. The fourth-order valence-electron chi connectivity index (χ4n) is 1.61. The first kappa shape index (κ1) is 8.81. The maximum absolute atomic E-state index is 11.2. The smallest absolute Gasteiger partial charge is 0.253 e. The summed E-state index contributed by atoms with van der Waals surface area (Å²) in [6.07, 6.45) is 3.38. The number of hydrogen-bond acceptors (Lipinski definition) is 3. The van der Waals surface area contributed by atoms with Crippen LogP contribution in [0.2, 0.25) is 0 Å². The Hall–Kier alpha value is -0.770. The van der Waals surface area contributed by atoms with E-state index >= 15 is 0 Å². The first-order chi connectivity index (χ1) is 6.25. The van der Waals surface area contributed by atoms with Gasteiger partial charge in [0.1, 0.15) is 0 Å². The molecule has 0 aromatic heterocycles. The molecule has 4 heteroatoms. The van der Waals surface area contributed by atoms with Gasteiger partial charge in [0.05, 0.1) is 6.42 Å². The van der Waals surface area contributed by atoms with Crippen molar-refractivity contribution in [3.05, 3.63) is 11.6 Å². The number of amides is 2. The Morgan fingerprint density at radius 3 is 2.85 bits per heavy atom. The maximum Gasteiger partial charge on any atom is 0.253 e. The van der Waals surface area contributed by atoms with Crippen molar-refractivity contribution in [2.24, 2.45) is 5.92 Å². The van der Waals surface area contributed by atoms with Gasteiger partial charge in [-0.3, -0.25) is 14.9 Å². The van der Waals surface area contributed by atoms with Crippen molar-refractivity contribution in [1.29, 1.82) is 0 Å². The van der Waals surface area contributed by atoms with E-state index < -0.39 is 0 Å². The molecule has 2 aliphatic heterocycles. The molecule has 2 saturated heterocycles. The van der Waals surface area contributed by atoms with Crippen molar-refractivity contribution in [2.45, 2.75) is 12.8 Å². The van der Waals surface area contributed by atoms with Gasteiger partial charge in [0, 0.05) is 5.57 Å². The Morgan fingerprint density at radius 1 is 1.46 bits per heavy atom. The lowest BCUT2D eigenvalue weighted by Crippen LogP contribution is -2.19. The van der Waals surface area contributed by atoms with Gasteiger partial charge in [-0.25, -0.2) is 0 Å².